The molecule has 0 amide bonds. The first-order valence-electron chi connectivity index (χ1n) is 6.94. The highest BCUT2D eigenvalue weighted by molar-refractivity contribution is 8.37. The van der Waals surface area contributed by atoms with Crippen LogP contribution in [0.15, 0.2) is 11.1 Å². The molecule has 4 unspecified atom stereocenters. The number of hydrogen-bond acceptors (Lipinski definition) is 7. The van der Waals surface area contributed by atoms with Crippen LogP contribution in [0.2, 0.25) is 0 Å². The molecule has 0 saturated carbocycles. The summed E-state index contributed by atoms with van der Waals surface area (Å²) in [5.74, 6) is 0.352. The Labute approximate surface area is 137 Å². The molecule has 0 aliphatic carbocycles. The Kier molecular flexibility index (Phi) is 5.57. The van der Waals surface area contributed by atoms with Gasteiger partial charge in [-0.3, -0.25) is 14.3 Å². The van der Waals surface area contributed by atoms with E-state index in [0.29, 0.717) is 41.1 Å². The molecular weight excluding hydrogens is 359 g/mol. The normalized spacial score (nSPS) is 25.4. The van der Waals surface area contributed by atoms with Crippen molar-refractivity contribution in [3.63, 3.8) is 0 Å². The predicted octanol–water partition coefficient (Wildman–Crippen LogP) is 0.803. The van der Waals surface area contributed by atoms with Gasteiger partial charge in [0.05, 0.1) is 19.0 Å². The van der Waals surface area contributed by atoms with Crippen molar-refractivity contribution in [3.05, 3.63) is 16.7 Å². The SMILES string of the molecule is CNc1nc2c(ncn2[C@H]2CC(O)[C@@H](COPPP)O2)c(=O)[nH]1. The lowest BCUT2D eigenvalue weighted by molar-refractivity contribution is -0.0355. The highest BCUT2D eigenvalue weighted by atomic mass is 32.4. The Hall–Kier alpha value is -0.680. The molecule has 2 aromatic rings. The lowest BCUT2D eigenvalue weighted by Crippen LogP contribution is -2.25. The van der Waals surface area contributed by atoms with Gasteiger partial charge in [0, 0.05) is 22.0 Å². The number of aliphatic hydroxyl groups is 1. The highest BCUT2D eigenvalue weighted by Gasteiger charge is 2.36. The maximum absolute atomic E-state index is 12.0. The maximum atomic E-state index is 12.0. The van der Waals surface area contributed by atoms with Gasteiger partial charge in [0.25, 0.3) is 5.56 Å². The number of anilines is 1. The highest BCUT2D eigenvalue weighted by Crippen LogP contribution is 2.44. The molecule has 1 saturated heterocycles. The van der Waals surface area contributed by atoms with Crippen LogP contribution in [0.5, 0.6) is 0 Å². The Morgan fingerprint density at radius 1 is 1.70 bits per heavy atom. The van der Waals surface area contributed by atoms with E-state index in [9.17, 15) is 9.90 Å². The Bertz CT molecular complexity index is 738. The topological polar surface area (TPSA) is 114 Å². The summed E-state index contributed by atoms with van der Waals surface area (Å²) in [5.41, 5.74) is 0.344. The quantitative estimate of drug-likeness (QED) is 0.504. The van der Waals surface area contributed by atoms with Gasteiger partial charge < -0.3 is 19.7 Å². The standard InChI is InChI=1S/C11H18N5O4P3/c1-12-11-14-9-8(10(18)15-11)13-4-16(9)7-2-5(17)6(20-7)3-19-22-23-21/h4-7,17,22-23H,2-3,21H2,1H3,(H2,12,14,15,18)/t5?,6-,7-/m1/s1. The first-order valence-corrected chi connectivity index (χ1v) is 11.7. The zero-order valence-electron chi connectivity index (χ0n) is 12.3. The third-order valence-electron chi connectivity index (χ3n) is 3.56. The van der Waals surface area contributed by atoms with E-state index in [1.807, 2.05) is 0 Å². The summed E-state index contributed by atoms with van der Waals surface area (Å²) in [6, 6.07) is 0. The molecule has 0 radical (unpaired) electrons. The van der Waals surface area contributed by atoms with Crippen LogP contribution in [-0.4, -0.2) is 50.5 Å². The van der Waals surface area contributed by atoms with Crippen LogP contribution in [-0.2, 0) is 9.26 Å². The van der Waals surface area contributed by atoms with Gasteiger partial charge in [0.2, 0.25) is 5.95 Å². The number of aromatic amines is 1. The Morgan fingerprint density at radius 2 is 2.52 bits per heavy atom. The number of imidazole rings is 1. The smallest absolute Gasteiger partial charge is 0.280 e. The first-order chi connectivity index (χ1) is 11.1. The van der Waals surface area contributed by atoms with Gasteiger partial charge in [-0.25, -0.2) is 4.98 Å². The summed E-state index contributed by atoms with van der Waals surface area (Å²) >= 11 is 0. The molecule has 3 rings (SSSR count). The van der Waals surface area contributed by atoms with Crippen LogP contribution >= 0.6 is 25.4 Å². The van der Waals surface area contributed by atoms with Crippen molar-refractivity contribution in [2.45, 2.75) is 24.9 Å². The number of aromatic nitrogens is 4. The van der Waals surface area contributed by atoms with Gasteiger partial charge >= 0.3 is 0 Å². The van der Waals surface area contributed by atoms with E-state index in [0.717, 1.165) is 0 Å². The molecule has 0 bridgehead atoms. The Morgan fingerprint density at radius 3 is 3.26 bits per heavy atom. The van der Waals surface area contributed by atoms with Crippen LogP contribution < -0.4 is 10.9 Å². The average Bonchev–Trinajstić information content (AvgIpc) is 3.11. The molecule has 3 heterocycles. The van der Waals surface area contributed by atoms with Crippen molar-refractivity contribution in [1.29, 1.82) is 0 Å². The van der Waals surface area contributed by atoms with Crippen LogP contribution in [0, 0.1) is 0 Å². The molecule has 9 nitrogen and oxygen atoms in total. The predicted molar refractivity (Wildman–Crippen MR) is 94.5 cm³/mol. The minimum Gasteiger partial charge on any atom is -0.390 e. The van der Waals surface area contributed by atoms with Crippen molar-refractivity contribution in [1.82, 2.24) is 19.5 Å². The number of H-pyrrole nitrogens is 1. The van der Waals surface area contributed by atoms with Gasteiger partial charge in [-0.2, -0.15) is 4.98 Å². The molecule has 6 atom stereocenters. The monoisotopic (exact) mass is 377 g/mol. The first kappa shape index (κ1) is 17.2. The average molecular weight is 377 g/mol. The van der Waals surface area contributed by atoms with Gasteiger partial charge in [0.15, 0.2) is 11.2 Å². The molecule has 1 fully saturated rings. The minimum atomic E-state index is -0.624. The summed E-state index contributed by atoms with van der Waals surface area (Å²) in [6.45, 7) is 0.347. The number of ether oxygens (including phenoxy) is 1. The van der Waals surface area contributed by atoms with Crippen molar-refractivity contribution < 1.29 is 14.4 Å². The van der Waals surface area contributed by atoms with E-state index in [4.69, 9.17) is 9.26 Å². The van der Waals surface area contributed by atoms with E-state index < -0.39 is 18.4 Å². The second-order valence-electron chi connectivity index (χ2n) is 4.98. The molecular formula is C11H18N5O4P3. The molecule has 1 aliphatic rings. The van der Waals surface area contributed by atoms with Gasteiger partial charge in [-0.15, -0.1) is 8.93 Å². The van der Waals surface area contributed by atoms with Crippen LogP contribution in [0.4, 0.5) is 5.95 Å². The van der Waals surface area contributed by atoms with Crippen molar-refractivity contribution in [2.24, 2.45) is 0 Å². The van der Waals surface area contributed by atoms with E-state index in [2.05, 4.69) is 29.2 Å². The molecule has 0 aromatic carbocycles. The van der Waals surface area contributed by atoms with Crippen molar-refractivity contribution in [2.75, 3.05) is 19.0 Å². The minimum absolute atomic E-state index is 0.243. The van der Waals surface area contributed by atoms with Gasteiger partial charge in [0.1, 0.15) is 12.3 Å². The number of fused-ring (bicyclic) bond motifs is 1. The molecule has 2 aromatic heterocycles. The third-order valence-corrected chi connectivity index (χ3v) is 5.84. The summed E-state index contributed by atoms with van der Waals surface area (Å²) < 4.78 is 13.0. The van der Waals surface area contributed by atoms with E-state index in [1.165, 1.54) is 6.33 Å². The lowest BCUT2D eigenvalue weighted by Gasteiger charge is -2.15. The summed E-state index contributed by atoms with van der Waals surface area (Å²) in [7, 11) is 5.32. The zero-order chi connectivity index (χ0) is 16.4. The van der Waals surface area contributed by atoms with Gasteiger partial charge in [-0.1, -0.05) is 7.96 Å². The number of aliphatic hydroxyl groups excluding tert-OH is 1. The second kappa shape index (κ2) is 7.47. The number of hydrogen-bond donors (Lipinski definition) is 3. The fourth-order valence-electron chi connectivity index (χ4n) is 2.46. The largest absolute Gasteiger partial charge is 0.390 e. The molecule has 12 heteroatoms. The summed E-state index contributed by atoms with van der Waals surface area (Å²) in [5, 5.41) is 12.9. The van der Waals surface area contributed by atoms with Gasteiger partial charge in [-0.05, 0) is 0 Å². The maximum Gasteiger partial charge on any atom is 0.280 e. The zero-order valence-corrected chi connectivity index (χ0v) is 15.5. The van der Waals surface area contributed by atoms with Crippen LogP contribution in [0.25, 0.3) is 11.2 Å². The second-order valence-corrected chi connectivity index (χ2v) is 9.84. The van der Waals surface area contributed by atoms with E-state index in [-0.39, 0.29) is 11.1 Å². The van der Waals surface area contributed by atoms with Crippen molar-refractivity contribution >= 4 is 42.5 Å². The molecule has 23 heavy (non-hydrogen) atoms. The van der Waals surface area contributed by atoms with Crippen molar-refractivity contribution in [3.8, 4) is 0 Å². The number of nitrogens with zero attached hydrogens (tertiary/aromatic N) is 3. The number of rotatable bonds is 6. The molecule has 126 valence electrons. The third kappa shape index (κ3) is 3.55. The molecule has 3 N–H and O–H groups in total. The summed E-state index contributed by atoms with van der Waals surface area (Å²) in [6.07, 6.45) is 0.468. The fraction of sp³-hybridized carbons (Fsp3) is 0.545. The summed E-state index contributed by atoms with van der Waals surface area (Å²) in [4.78, 5) is 23.0. The van der Waals surface area contributed by atoms with E-state index >= 15 is 0 Å². The fourth-order valence-corrected chi connectivity index (χ4v) is 4.04. The van der Waals surface area contributed by atoms with Crippen LogP contribution in [0.3, 0.4) is 0 Å². The molecule has 1 aliphatic heterocycles. The Balaban J connectivity index is 1.83. The lowest BCUT2D eigenvalue weighted by atomic mass is 10.2. The number of nitrogens with one attached hydrogen (secondary N) is 2. The molecule has 0 spiro atoms. The van der Waals surface area contributed by atoms with Crippen LogP contribution in [0.1, 0.15) is 12.6 Å². The van der Waals surface area contributed by atoms with E-state index in [1.54, 1.807) is 11.6 Å².